The van der Waals surface area contributed by atoms with Gasteiger partial charge in [0.25, 0.3) is 5.91 Å². The van der Waals surface area contributed by atoms with Crippen molar-refractivity contribution in [2.24, 2.45) is 0 Å². The van der Waals surface area contributed by atoms with Gasteiger partial charge in [-0.15, -0.1) is 0 Å². The van der Waals surface area contributed by atoms with Crippen LogP contribution in [0.25, 0.3) is 11.4 Å². The first-order valence-corrected chi connectivity index (χ1v) is 11.0. The molecular formula is C23H22FN5OS. The summed E-state index contributed by atoms with van der Waals surface area (Å²) in [5.41, 5.74) is 3.99. The first kappa shape index (κ1) is 20.9. The van der Waals surface area contributed by atoms with Crippen molar-refractivity contribution in [1.29, 1.82) is 0 Å². The van der Waals surface area contributed by atoms with E-state index >= 15 is 0 Å². The van der Waals surface area contributed by atoms with Gasteiger partial charge < -0.3 is 5.32 Å². The SMILES string of the molecule is CSc1nccn1-c1cccc(C(=O)NC(C)c2cnn(-c3ccc(F)cc3)c2C)c1. The molecule has 0 saturated heterocycles. The third-order valence-corrected chi connectivity index (χ3v) is 5.78. The number of thioether (sulfide) groups is 1. The van der Waals surface area contributed by atoms with E-state index in [4.69, 9.17) is 0 Å². The third kappa shape index (κ3) is 4.25. The summed E-state index contributed by atoms with van der Waals surface area (Å²) in [4.78, 5) is 17.2. The van der Waals surface area contributed by atoms with Crippen LogP contribution in [0.3, 0.4) is 0 Å². The summed E-state index contributed by atoms with van der Waals surface area (Å²) in [6.07, 6.45) is 7.31. The number of carbonyl (C=O) groups excluding carboxylic acids is 1. The maximum Gasteiger partial charge on any atom is 0.251 e. The van der Waals surface area contributed by atoms with Gasteiger partial charge in [-0.1, -0.05) is 17.8 Å². The summed E-state index contributed by atoms with van der Waals surface area (Å²) < 4.78 is 16.9. The second-order valence-electron chi connectivity index (χ2n) is 7.10. The Morgan fingerprint density at radius 2 is 1.94 bits per heavy atom. The molecule has 0 aliphatic heterocycles. The maximum absolute atomic E-state index is 13.2. The molecule has 0 aliphatic carbocycles. The van der Waals surface area contributed by atoms with E-state index < -0.39 is 0 Å². The lowest BCUT2D eigenvalue weighted by Crippen LogP contribution is -2.27. The smallest absolute Gasteiger partial charge is 0.251 e. The van der Waals surface area contributed by atoms with Crippen molar-refractivity contribution in [3.63, 3.8) is 0 Å². The van der Waals surface area contributed by atoms with E-state index in [1.165, 1.54) is 12.1 Å². The van der Waals surface area contributed by atoms with E-state index in [1.807, 2.05) is 49.1 Å². The number of imidazole rings is 1. The van der Waals surface area contributed by atoms with E-state index in [-0.39, 0.29) is 17.8 Å². The highest BCUT2D eigenvalue weighted by Crippen LogP contribution is 2.22. The Balaban J connectivity index is 1.53. The van der Waals surface area contributed by atoms with E-state index in [2.05, 4.69) is 15.4 Å². The highest BCUT2D eigenvalue weighted by atomic mass is 32.2. The lowest BCUT2D eigenvalue weighted by Gasteiger charge is -2.15. The van der Waals surface area contributed by atoms with E-state index in [1.54, 1.807) is 47.0 Å². The molecule has 6 nitrogen and oxygen atoms in total. The van der Waals surface area contributed by atoms with Gasteiger partial charge in [0.15, 0.2) is 5.16 Å². The maximum atomic E-state index is 13.2. The van der Waals surface area contributed by atoms with Crippen LogP contribution in [0.15, 0.2) is 72.3 Å². The van der Waals surface area contributed by atoms with Gasteiger partial charge in [0.1, 0.15) is 5.82 Å². The molecule has 0 fully saturated rings. The quantitative estimate of drug-likeness (QED) is 0.445. The Morgan fingerprint density at radius 1 is 1.16 bits per heavy atom. The predicted molar refractivity (Wildman–Crippen MR) is 119 cm³/mol. The van der Waals surface area contributed by atoms with Crippen LogP contribution < -0.4 is 5.32 Å². The summed E-state index contributed by atoms with van der Waals surface area (Å²) in [6, 6.07) is 13.3. The summed E-state index contributed by atoms with van der Waals surface area (Å²) >= 11 is 1.54. The lowest BCUT2D eigenvalue weighted by atomic mass is 10.1. The molecule has 0 aliphatic rings. The number of nitrogens with one attached hydrogen (secondary N) is 1. The van der Waals surface area contributed by atoms with E-state index in [0.29, 0.717) is 5.56 Å². The molecule has 31 heavy (non-hydrogen) atoms. The van der Waals surface area contributed by atoms with Gasteiger partial charge in [-0.25, -0.2) is 14.1 Å². The first-order valence-electron chi connectivity index (χ1n) is 9.77. The van der Waals surface area contributed by atoms with Crippen LogP contribution in [0, 0.1) is 12.7 Å². The van der Waals surface area contributed by atoms with Crippen molar-refractivity contribution < 1.29 is 9.18 Å². The highest BCUT2D eigenvalue weighted by molar-refractivity contribution is 7.98. The van der Waals surface area contributed by atoms with Gasteiger partial charge >= 0.3 is 0 Å². The number of nitrogens with zero attached hydrogens (tertiary/aromatic N) is 4. The molecule has 2 heterocycles. The molecule has 158 valence electrons. The fraction of sp³-hybridized carbons (Fsp3) is 0.174. The van der Waals surface area contributed by atoms with Crippen molar-refractivity contribution in [2.75, 3.05) is 6.26 Å². The van der Waals surface area contributed by atoms with Crippen molar-refractivity contribution in [3.8, 4) is 11.4 Å². The zero-order chi connectivity index (χ0) is 22.0. The minimum absolute atomic E-state index is 0.172. The number of hydrogen-bond donors (Lipinski definition) is 1. The monoisotopic (exact) mass is 435 g/mol. The first-order chi connectivity index (χ1) is 15.0. The van der Waals surface area contributed by atoms with Gasteiger partial charge in [-0.3, -0.25) is 9.36 Å². The largest absolute Gasteiger partial charge is 0.345 e. The van der Waals surface area contributed by atoms with Crippen molar-refractivity contribution in [3.05, 3.63) is 89.8 Å². The number of rotatable bonds is 6. The minimum atomic E-state index is -0.294. The molecule has 0 spiro atoms. The van der Waals surface area contributed by atoms with Crippen molar-refractivity contribution in [1.82, 2.24) is 24.6 Å². The summed E-state index contributed by atoms with van der Waals surface area (Å²) in [5.74, 6) is -0.467. The molecule has 8 heteroatoms. The second kappa shape index (κ2) is 8.77. The molecule has 2 aromatic heterocycles. The Bertz CT molecular complexity index is 1210. The molecular weight excluding hydrogens is 413 g/mol. The topological polar surface area (TPSA) is 64.7 Å². The number of hydrogen-bond acceptors (Lipinski definition) is 4. The van der Waals surface area contributed by atoms with Crippen LogP contribution in [-0.2, 0) is 0 Å². The zero-order valence-corrected chi connectivity index (χ0v) is 18.2. The Morgan fingerprint density at radius 3 is 2.68 bits per heavy atom. The van der Waals surface area contributed by atoms with Crippen LogP contribution in [0.1, 0.15) is 34.6 Å². The third-order valence-electron chi connectivity index (χ3n) is 5.11. The van der Waals surface area contributed by atoms with Gasteiger partial charge in [-0.05, 0) is 62.6 Å². The number of aromatic nitrogens is 4. The summed E-state index contributed by atoms with van der Waals surface area (Å²) in [5, 5.41) is 8.32. The summed E-state index contributed by atoms with van der Waals surface area (Å²) in [7, 11) is 0. The zero-order valence-electron chi connectivity index (χ0n) is 17.4. The Kier molecular flexibility index (Phi) is 5.90. The molecule has 4 aromatic rings. The van der Waals surface area contributed by atoms with Crippen LogP contribution in [0.2, 0.25) is 0 Å². The van der Waals surface area contributed by atoms with Crippen LogP contribution in [0.4, 0.5) is 4.39 Å². The predicted octanol–water partition coefficient (Wildman–Crippen LogP) is 4.72. The molecule has 0 bridgehead atoms. The molecule has 1 unspecified atom stereocenters. The van der Waals surface area contributed by atoms with Crippen LogP contribution >= 0.6 is 11.8 Å². The van der Waals surface area contributed by atoms with Gasteiger partial charge in [-0.2, -0.15) is 5.10 Å². The van der Waals surface area contributed by atoms with Gasteiger partial charge in [0, 0.05) is 34.9 Å². The standard InChI is InChI=1S/C23H22FN5OS/c1-15(21-14-26-29(16(21)2)19-9-7-18(24)8-10-19)27-22(30)17-5-4-6-20(13-17)28-12-11-25-23(28)31-3/h4-15H,1-3H3,(H,27,30). The molecule has 1 atom stereocenters. The molecule has 0 radical (unpaired) electrons. The number of amides is 1. The molecule has 4 rings (SSSR count). The molecule has 2 aromatic carbocycles. The van der Waals surface area contributed by atoms with Crippen LogP contribution in [-0.4, -0.2) is 31.5 Å². The molecule has 0 saturated carbocycles. The van der Waals surface area contributed by atoms with Crippen molar-refractivity contribution >= 4 is 17.7 Å². The van der Waals surface area contributed by atoms with E-state index in [9.17, 15) is 9.18 Å². The van der Waals surface area contributed by atoms with Gasteiger partial charge in [0.05, 0.1) is 17.9 Å². The minimum Gasteiger partial charge on any atom is -0.345 e. The van der Waals surface area contributed by atoms with E-state index in [0.717, 1.165) is 27.8 Å². The number of carbonyl (C=O) groups is 1. The second-order valence-corrected chi connectivity index (χ2v) is 7.88. The average molecular weight is 436 g/mol. The Hall–Kier alpha value is -3.39. The normalized spacial score (nSPS) is 12.0. The van der Waals surface area contributed by atoms with Crippen molar-refractivity contribution in [2.45, 2.75) is 25.0 Å². The number of benzene rings is 2. The average Bonchev–Trinajstić information content (AvgIpc) is 3.41. The number of halogens is 1. The summed E-state index contributed by atoms with van der Waals surface area (Å²) in [6.45, 7) is 3.85. The van der Waals surface area contributed by atoms with Gasteiger partial charge in [0.2, 0.25) is 0 Å². The molecule has 1 amide bonds. The van der Waals surface area contributed by atoms with Crippen LogP contribution in [0.5, 0.6) is 0 Å². The lowest BCUT2D eigenvalue weighted by molar-refractivity contribution is 0.0940. The fourth-order valence-corrected chi connectivity index (χ4v) is 4.01. The molecule has 1 N–H and O–H groups in total. The Labute approximate surface area is 184 Å². The fourth-order valence-electron chi connectivity index (χ4n) is 3.48. The highest BCUT2D eigenvalue weighted by Gasteiger charge is 2.18.